The molecule has 4 heteroatoms. The van der Waals surface area contributed by atoms with Crippen LogP contribution in [0, 0.1) is 0 Å². The van der Waals surface area contributed by atoms with Gasteiger partial charge >= 0.3 is 0 Å². The lowest BCUT2D eigenvalue weighted by Gasteiger charge is -2.21. The molecule has 0 radical (unpaired) electrons. The van der Waals surface area contributed by atoms with Gasteiger partial charge in [0.05, 0.1) is 12.4 Å². The summed E-state index contributed by atoms with van der Waals surface area (Å²) < 4.78 is 6.35. The number of hydrogen-bond acceptors (Lipinski definition) is 4. The first-order chi connectivity index (χ1) is 11.4. The van der Waals surface area contributed by atoms with E-state index in [2.05, 4.69) is 34.6 Å². The second-order valence-electron chi connectivity index (χ2n) is 5.41. The molecule has 23 heavy (non-hydrogen) atoms. The van der Waals surface area contributed by atoms with Crippen LogP contribution in [-0.4, -0.2) is 23.3 Å². The first-order valence-electron chi connectivity index (χ1n) is 8.00. The second-order valence-corrected chi connectivity index (χ2v) is 5.41. The zero-order valence-electron chi connectivity index (χ0n) is 13.3. The Morgan fingerprint density at radius 1 is 1.00 bits per heavy atom. The van der Waals surface area contributed by atoms with Crippen molar-refractivity contribution in [1.82, 2.24) is 15.5 Å². The molecule has 3 rings (SSSR count). The Morgan fingerprint density at radius 2 is 1.83 bits per heavy atom. The molecule has 2 aromatic carbocycles. The van der Waals surface area contributed by atoms with Crippen molar-refractivity contribution in [3.63, 3.8) is 0 Å². The van der Waals surface area contributed by atoms with E-state index < -0.39 is 0 Å². The standard InChI is InChI=1S/C19H21N3O/c1-2-20-12-11-18(15-7-4-3-5-8-15)23-19-10-6-9-16-13-21-22-14-17(16)19/h3-10,13-14,18,20H,2,11-12H2,1H3. The van der Waals surface area contributed by atoms with Crippen molar-refractivity contribution in [1.29, 1.82) is 0 Å². The van der Waals surface area contributed by atoms with E-state index in [1.807, 2.05) is 36.4 Å². The molecular weight excluding hydrogens is 286 g/mol. The highest BCUT2D eigenvalue weighted by Crippen LogP contribution is 2.30. The minimum absolute atomic E-state index is 0.00835. The Morgan fingerprint density at radius 3 is 2.65 bits per heavy atom. The van der Waals surface area contributed by atoms with Crippen LogP contribution >= 0.6 is 0 Å². The van der Waals surface area contributed by atoms with Gasteiger partial charge in [-0.15, -0.1) is 0 Å². The van der Waals surface area contributed by atoms with Gasteiger partial charge in [0.1, 0.15) is 11.9 Å². The molecule has 1 heterocycles. The molecular formula is C19H21N3O. The highest BCUT2D eigenvalue weighted by molar-refractivity contribution is 5.86. The van der Waals surface area contributed by atoms with Crippen LogP contribution in [0.3, 0.4) is 0 Å². The molecule has 0 saturated heterocycles. The van der Waals surface area contributed by atoms with Gasteiger partial charge in [0, 0.05) is 17.2 Å². The quantitative estimate of drug-likeness (QED) is 0.675. The largest absolute Gasteiger partial charge is 0.485 e. The van der Waals surface area contributed by atoms with E-state index in [1.54, 1.807) is 12.4 Å². The molecule has 0 aliphatic heterocycles. The first-order valence-corrected chi connectivity index (χ1v) is 8.00. The highest BCUT2D eigenvalue weighted by atomic mass is 16.5. The van der Waals surface area contributed by atoms with Crippen molar-refractivity contribution in [2.24, 2.45) is 0 Å². The topological polar surface area (TPSA) is 47.0 Å². The third-order valence-electron chi connectivity index (χ3n) is 3.82. The van der Waals surface area contributed by atoms with Crippen LogP contribution in [0.5, 0.6) is 5.75 Å². The van der Waals surface area contributed by atoms with Gasteiger partial charge < -0.3 is 10.1 Å². The number of fused-ring (bicyclic) bond motifs is 1. The summed E-state index contributed by atoms with van der Waals surface area (Å²) >= 11 is 0. The van der Waals surface area contributed by atoms with E-state index in [9.17, 15) is 0 Å². The molecule has 1 N–H and O–H groups in total. The Balaban J connectivity index is 1.87. The van der Waals surface area contributed by atoms with Crippen molar-refractivity contribution in [2.75, 3.05) is 13.1 Å². The SMILES string of the molecule is CCNCCC(Oc1cccc2cnncc12)c1ccccc1. The molecule has 0 fully saturated rings. The van der Waals surface area contributed by atoms with Crippen molar-refractivity contribution in [3.05, 3.63) is 66.5 Å². The summed E-state index contributed by atoms with van der Waals surface area (Å²) in [6.07, 6.45) is 4.44. The van der Waals surface area contributed by atoms with Gasteiger partial charge in [-0.25, -0.2) is 0 Å². The van der Waals surface area contributed by atoms with Crippen LogP contribution in [0.25, 0.3) is 10.8 Å². The molecule has 0 spiro atoms. The fourth-order valence-electron chi connectivity index (χ4n) is 2.63. The van der Waals surface area contributed by atoms with Gasteiger partial charge in [-0.1, -0.05) is 49.4 Å². The number of hydrogen-bond donors (Lipinski definition) is 1. The Bertz CT molecular complexity index is 740. The van der Waals surface area contributed by atoms with Gasteiger partial charge in [0.2, 0.25) is 0 Å². The third-order valence-corrected chi connectivity index (χ3v) is 3.82. The average Bonchev–Trinajstić information content (AvgIpc) is 2.62. The van der Waals surface area contributed by atoms with Crippen molar-refractivity contribution in [3.8, 4) is 5.75 Å². The number of aromatic nitrogens is 2. The Labute approximate surface area is 136 Å². The number of benzene rings is 2. The molecule has 0 amide bonds. The van der Waals surface area contributed by atoms with E-state index in [1.165, 1.54) is 5.56 Å². The molecule has 1 unspecified atom stereocenters. The molecule has 0 saturated carbocycles. The van der Waals surface area contributed by atoms with Gasteiger partial charge in [-0.2, -0.15) is 10.2 Å². The average molecular weight is 307 g/mol. The minimum atomic E-state index is 0.00835. The molecule has 0 aliphatic carbocycles. The lowest BCUT2D eigenvalue weighted by atomic mass is 10.1. The van der Waals surface area contributed by atoms with Crippen LogP contribution in [-0.2, 0) is 0 Å². The maximum atomic E-state index is 6.35. The van der Waals surface area contributed by atoms with Crippen molar-refractivity contribution >= 4 is 10.8 Å². The third kappa shape index (κ3) is 3.85. The molecule has 118 valence electrons. The van der Waals surface area contributed by atoms with Crippen molar-refractivity contribution < 1.29 is 4.74 Å². The predicted molar refractivity (Wildman–Crippen MR) is 92.5 cm³/mol. The van der Waals surface area contributed by atoms with Gasteiger partial charge in [0.25, 0.3) is 0 Å². The molecule has 0 bridgehead atoms. The summed E-state index contributed by atoms with van der Waals surface area (Å²) in [5.41, 5.74) is 1.18. The van der Waals surface area contributed by atoms with Crippen molar-refractivity contribution in [2.45, 2.75) is 19.4 Å². The minimum Gasteiger partial charge on any atom is -0.485 e. The van der Waals surface area contributed by atoms with Crippen LogP contribution in [0.15, 0.2) is 60.9 Å². The fraction of sp³-hybridized carbons (Fsp3) is 0.263. The van der Waals surface area contributed by atoms with E-state index >= 15 is 0 Å². The highest BCUT2D eigenvalue weighted by Gasteiger charge is 2.14. The number of ether oxygens (including phenoxy) is 1. The fourth-order valence-corrected chi connectivity index (χ4v) is 2.63. The normalized spacial score (nSPS) is 12.2. The molecule has 1 aromatic heterocycles. The zero-order valence-corrected chi connectivity index (χ0v) is 13.3. The van der Waals surface area contributed by atoms with Crippen LogP contribution in [0.1, 0.15) is 25.0 Å². The predicted octanol–water partition coefficient (Wildman–Crippen LogP) is 3.75. The van der Waals surface area contributed by atoms with Gasteiger partial charge in [-0.3, -0.25) is 0 Å². The lowest BCUT2D eigenvalue weighted by Crippen LogP contribution is -2.19. The van der Waals surface area contributed by atoms with E-state index in [0.717, 1.165) is 36.0 Å². The summed E-state index contributed by atoms with van der Waals surface area (Å²) in [6, 6.07) is 16.4. The maximum Gasteiger partial charge on any atom is 0.129 e. The first kappa shape index (κ1) is 15.4. The summed E-state index contributed by atoms with van der Waals surface area (Å²) in [6.45, 7) is 3.99. The second kappa shape index (κ2) is 7.70. The zero-order chi connectivity index (χ0) is 15.9. The number of nitrogens with zero attached hydrogens (tertiary/aromatic N) is 2. The Kier molecular flexibility index (Phi) is 5.17. The monoisotopic (exact) mass is 307 g/mol. The molecule has 4 nitrogen and oxygen atoms in total. The van der Waals surface area contributed by atoms with E-state index in [-0.39, 0.29) is 6.10 Å². The number of nitrogens with one attached hydrogen (secondary N) is 1. The number of rotatable bonds is 7. The van der Waals surface area contributed by atoms with E-state index in [0.29, 0.717) is 0 Å². The summed E-state index contributed by atoms with van der Waals surface area (Å²) in [5.74, 6) is 0.850. The van der Waals surface area contributed by atoms with Gasteiger partial charge in [0.15, 0.2) is 0 Å². The van der Waals surface area contributed by atoms with Crippen LogP contribution in [0.4, 0.5) is 0 Å². The van der Waals surface area contributed by atoms with Gasteiger partial charge in [-0.05, 0) is 24.7 Å². The molecule has 1 atom stereocenters. The van der Waals surface area contributed by atoms with E-state index in [4.69, 9.17) is 4.74 Å². The lowest BCUT2D eigenvalue weighted by molar-refractivity contribution is 0.197. The molecule has 0 aliphatic rings. The Hall–Kier alpha value is -2.46. The maximum absolute atomic E-state index is 6.35. The summed E-state index contributed by atoms with van der Waals surface area (Å²) in [5, 5.41) is 13.3. The smallest absolute Gasteiger partial charge is 0.129 e. The summed E-state index contributed by atoms with van der Waals surface area (Å²) in [4.78, 5) is 0. The van der Waals surface area contributed by atoms with Crippen LogP contribution in [0.2, 0.25) is 0 Å². The van der Waals surface area contributed by atoms with Crippen LogP contribution < -0.4 is 10.1 Å². The molecule has 3 aromatic rings. The summed E-state index contributed by atoms with van der Waals surface area (Å²) in [7, 11) is 0.